The van der Waals surface area contributed by atoms with Crippen LogP contribution in [-0.4, -0.2) is 4.92 Å². The van der Waals surface area contributed by atoms with Gasteiger partial charge in [-0.05, 0) is 24.3 Å². The van der Waals surface area contributed by atoms with E-state index >= 15 is 0 Å². The Morgan fingerprint density at radius 1 is 1.11 bits per heavy atom. The number of ether oxygens (including phenoxy) is 1. The zero-order chi connectivity index (χ0) is 14.0. The number of halogens is 3. The maximum atomic E-state index is 13.1. The Kier molecular flexibility index (Phi) is 3.87. The van der Waals surface area contributed by atoms with E-state index in [0.29, 0.717) is 5.02 Å². The fraction of sp³-hybridized carbons (Fsp3) is 0. The maximum absolute atomic E-state index is 13.1. The predicted molar refractivity (Wildman–Crippen MR) is 69.6 cm³/mol. The van der Waals surface area contributed by atoms with Gasteiger partial charge in [-0.3, -0.25) is 10.1 Å². The van der Waals surface area contributed by atoms with Gasteiger partial charge in [0, 0.05) is 17.2 Å². The highest BCUT2D eigenvalue weighted by atomic mass is 35.5. The van der Waals surface area contributed by atoms with Gasteiger partial charge < -0.3 is 4.74 Å². The molecule has 0 fully saturated rings. The van der Waals surface area contributed by atoms with E-state index in [2.05, 4.69) is 0 Å². The molecule has 0 spiro atoms. The SMILES string of the molecule is O=[N+]([O-])c1ccc(F)cc1Oc1ccc(Cl)cc1Cl. The summed E-state index contributed by atoms with van der Waals surface area (Å²) in [5.74, 6) is -0.723. The predicted octanol–water partition coefficient (Wildman–Crippen LogP) is 4.83. The molecule has 19 heavy (non-hydrogen) atoms. The summed E-state index contributed by atoms with van der Waals surface area (Å²) in [5, 5.41) is 11.4. The molecule has 2 rings (SSSR count). The first-order chi connectivity index (χ1) is 8.97. The van der Waals surface area contributed by atoms with E-state index in [1.54, 1.807) is 0 Å². The van der Waals surface area contributed by atoms with Crippen molar-refractivity contribution in [2.75, 3.05) is 0 Å². The summed E-state index contributed by atoms with van der Waals surface area (Å²) in [5.41, 5.74) is -0.354. The lowest BCUT2D eigenvalue weighted by atomic mass is 10.3. The Hall–Kier alpha value is -1.85. The highest BCUT2D eigenvalue weighted by Gasteiger charge is 2.17. The molecule has 0 radical (unpaired) electrons. The highest BCUT2D eigenvalue weighted by Crippen LogP contribution is 2.36. The second kappa shape index (κ2) is 5.42. The fourth-order valence-corrected chi connectivity index (χ4v) is 1.84. The van der Waals surface area contributed by atoms with Crippen LogP contribution in [0.1, 0.15) is 0 Å². The molecule has 0 bridgehead atoms. The normalized spacial score (nSPS) is 10.3. The van der Waals surface area contributed by atoms with Crippen LogP contribution in [0.25, 0.3) is 0 Å². The molecular formula is C12H6Cl2FNO3. The van der Waals surface area contributed by atoms with Crippen LogP contribution in [0, 0.1) is 15.9 Å². The number of nitro groups is 1. The van der Waals surface area contributed by atoms with Crippen molar-refractivity contribution >= 4 is 28.9 Å². The lowest BCUT2D eigenvalue weighted by Gasteiger charge is -2.08. The largest absolute Gasteiger partial charge is 0.448 e. The first-order valence-corrected chi connectivity index (χ1v) is 5.80. The molecule has 7 heteroatoms. The van der Waals surface area contributed by atoms with Gasteiger partial charge in [0.2, 0.25) is 5.75 Å². The Balaban J connectivity index is 2.42. The molecule has 0 saturated heterocycles. The van der Waals surface area contributed by atoms with Gasteiger partial charge in [0.05, 0.1) is 9.95 Å². The Morgan fingerprint density at radius 2 is 1.84 bits per heavy atom. The van der Waals surface area contributed by atoms with Crippen molar-refractivity contribution in [3.05, 3.63) is 62.4 Å². The number of nitro benzene ring substituents is 1. The minimum absolute atomic E-state index is 0.153. The second-order valence-electron chi connectivity index (χ2n) is 3.55. The van der Waals surface area contributed by atoms with Crippen LogP contribution in [-0.2, 0) is 0 Å². The summed E-state index contributed by atoms with van der Waals surface area (Å²) in [6.07, 6.45) is 0. The Morgan fingerprint density at radius 3 is 2.47 bits per heavy atom. The zero-order valence-electron chi connectivity index (χ0n) is 9.27. The fourth-order valence-electron chi connectivity index (χ4n) is 1.40. The number of hydrogen-bond donors (Lipinski definition) is 0. The van der Waals surface area contributed by atoms with Crippen molar-refractivity contribution in [3.63, 3.8) is 0 Å². The minimum Gasteiger partial charge on any atom is -0.448 e. The van der Waals surface area contributed by atoms with Crippen LogP contribution in [0.2, 0.25) is 10.0 Å². The van der Waals surface area contributed by atoms with Crippen LogP contribution >= 0.6 is 23.2 Å². The third-order valence-electron chi connectivity index (χ3n) is 2.23. The van der Waals surface area contributed by atoms with Crippen LogP contribution in [0.5, 0.6) is 11.5 Å². The third-order valence-corrected chi connectivity index (χ3v) is 2.76. The van der Waals surface area contributed by atoms with Crippen molar-refractivity contribution in [2.24, 2.45) is 0 Å². The number of rotatable bonds is 3. The number of benzene rings is 2. The number of hydrogen-bond acceptors (Lipinski definition) is 3. The number of nitrogens with zero attached hydrogens (tertiary/aromatic N) is 1. The second-order valence-corrected chi connectivity index (χ2v) is 4.39. The molecule has 0 N–H and O–H groups in total. The molecule has 0 aromatic heterocycles. The van der Waals surface area contributed by atoms with Crippen molar-refractivity contribution in [1.82, 2.24) is 0 Å². The smallest absolute Gasteiger partial charge is 0.311 e. The van der Waals surface area contributed by atoms with Gasteiger partial charge in [-0.25, -0.2) is 4.39 Å². The zero-order valence-corrected chi connectivity index (χ0v) is 10.8. The molecule has 4 nitrogen and oxygen atoms in total. The van der Waals surface area contributed by atoms with E-state index in [4.69, 9.17) is 27.9 Å². The van der Waals surface area contributed by atoms with Crippen LogP contribution in [0.4, 0.5) is 10.1 Å². The topological polar surface area (TPSA) is 52.4 Å². The van der Waals surface area contributed by atoms with E-state index in [0.717, 1.165) is 18.2 Å². The average molecular weight is 302 g/mol. The first-order valence-electron chi connectivity index (χ1n) is 5.04. The van der Waals surface area contributed by atoms with E-state index in [1.165, 1.54) is 18.2 Å². The van der Waals surface area contributed by atoms with Crippen molar-refractivity contribution in [3.8, 4) is 11.5 Å². The van der Waals surface area contributed by atoms with E-state index in [9.17, 15) is 14.5 Å². The van der Waals surface area contributed by atoms with Crippen molar-refractivity contribution in [1.29, 1.82) is 0 Å². The molecule has 2 aromatic rings. The van der Waals surface area contributed by atoms with Crippen molar-refractivity contribution < 1.29 is 14.1 Å². The van der Waals surface area contributed by atoms with Crippen LogP contribution < -0.4 is 4.74 Å². The minimum atomic E-state index is -0.668. The summed E-state index contributed by atoms with van der Waals surface area (Å²) in [7, 11) is 0. The summed E-state index contributed by atoms with van der Waals surface area (Å²) >= 11 is 11.6. The molecule has 0 amide bonds. The van der Waals surface area contributed by atoms with E-state index < -0.39 is 10.7 Å². The molecular weight excluding hydrogens is 296 g/mol. The van der Waals surface area contributed by atoms with Gasteiger partial charge in [0.15, 0.2) is 0 Å². The maximum Gasteiger partial charge on any atom is 0.311 e. The summed E-state index contributed by atoms with van der Waals surface area (Å²) in [6, 6.07) is 7.29. The van der Waals surface area contributed by atoms with E-state index in [-0.39, 0.29) is 22.2 Å². The summed E-state index contributed by atoms with van der Waals surface area (Å²) in [4.78, 5) is 10.1. The molecule has 0 aliphatic rings. The lowest BCUT2D eigenvalue weighted by molar-refractivity contribution is -0.385. The van der Waals surface area contributed by atoms with Crippen LogP contribution in [0.15, 0.2) is 36.4 Å². The summed E-state index contributed by atoms with van der Waals surface area (Å²) < 4.78 is 18.4. The molecule has 0 atom stereocenters. The van der Waals surface area contributed by atoms with Crippen molar-refractivity contribution in [2.45, 2.75) is 0 Å². The lowest BCUT2D eigenvalue weighted by Crippen LogP contribution is -1.94. The molecule has 0 unspecified atom stereocenters. The van der Waals surface area contributed by atoms with Gasteiger partial charge in [-0.2, -0.15) is 0 Å². The standard InChI is InChI=1S/C12H6Cl2FNO3/c13-7-1-4-11(9(14)5-7)19-12-6-8(15)2-3-10(12)16(17)18/h1-6H. The molecule has 0 aliphatic heterocycles. The first kappa shape index (κ1) is 13.6. The third kappa shape index (κ3) is 3.13. The Bertz CT molecular complexity index is 649. The van der Waals surface area contributed by atoms with Gasteiger partial charge in [-0.1, -0.05) is 23.2 Å². The Labute approximate surface area is 117 Å². The van der Waals surface area contributed by atoms with Crippen LogP contribution in [0.3, 0.4) is 0 Å². The van der Waals surface area contributed by atoms with Gasteiger partial charge in [-0.15, -0.1) is 0 Å². The van der Waals surface area contributed by atoms with E-state index in [1.807, 2.05) is 0 Å². The molecule has 2 aromatic carbocycles. The average Bonchev–Trinajstić information content (AvgIpc) is 2.32. The monoisotopic (exact) mass is 301 g/mol. The van der Waals surface area contributed by atoms with Gasteiger partial charge in [0.25, 0.3) is 0 Å². The summed E-state index contributed by atoms with van der Waals surface area (Å²) in [6.45, 7) is 0. The molecule has 0 saturated carbocycles. The van der Waals surface area contributed by atoms with Gasteiger partial charge >= 0.3 is 5.69 Å². The molecule has 98 valence electrons. The van der Waals surface area contributed by atoms with Gasteiger partial charge in [0.1, 0.15) is 11.6 Å². The quantitative estimate of drug-likeness (QED) is 0.602. The molecule has 0 heterocycles. The molecule has 0 aliphatic carbocycles. The highest BCUT2D eigenvalue weighted by molar-refractivity contribution is 6.35.